The van der Waals surface area contributed by atoms with Gasteiger partial charge in [-0.05, 0) is 24.3 Å². The second kappa shape index (κ2) is 5.41. The average Bonchev–Trinajstić information content (AvgIpc) is 2.50. The number of carbonyl (C=O) groups excluding carboxylic acids is 1. The number of anilines is 1. The highest BCUT2D eigenvalue weighted by Gasteiger charge is 2.10. The molecular weight excluding hydrogens is 295 g/mol. The van der Waals surface area contributed by atoms with Crippen LogP contribution in [0.4, 0.5) is 10.1 Å². The Morgan fingerprint density at radius 1 is 1.14 bits per heavy atom. The Morgan fingerprint density at radius 3 is 2.76 bits per heavy atom. The summed E-state index contributed by atoms with van der Waals surface area (Å²) in [6.07, 6.45) is 4.44. The van der Waals surface area contributed by atoms with Crippen molar-refractivity contribution in [3.05, 3.63) is 59.3 Å². The van der Waals surface area contributed by atoms with Gasteiger partial charge in [-0.3, -0.25) is 9.78 Å². The molecule has 1 amide bonds. The predicted octanol–water partition coefficient (Wildman–Crippen LogP) is 3.07. The van der Waals surface area contributed by atoms with Crippen molar-refractivity contribution in [1.29, 1.82) is 0 Å². The average molecular weight is 303 g/mol. The molecule has 7 heteroatoms. The largest absolute Gasteiger partial charge is 0.322 e. The number of aromatic nitrogens is 3. The van der Waals surface area contributed by atoms with Gasteiger partial charge in [0.15, 0.2) is 5.65 Å². The molecule has 0 radical (unpaired) electrons. The summed E-state index contributed by atoms with van der Waals surface area (Å²) in [5, 5.41) is 2.55. The van der Waals surface area contributed by atoms with Gasteiger partial charge in [-0.1, -0.05) is 11.6 Å². The van der Waals surface area contributed by atoms with Crippen molar-refractivity contribution in [3.63, 3.8) is 0 Å². The Hall–Kier alpha value is -2.60. The van der Waals surface area contributed by atoms with Gasteiger partial charge in [0.2, 0.25) is 0 Å². The summed E-state index contributed by atoms with van der Waals surface area (Å²) in [6.45, 7) is 0. The van der Waals surface area contributed by atoms with Gasteiger partial charge in [0.25, 0.3) is 5.91 Å². The number of nitrogens with zero attached hydrogens (tertiary/aromatic N) is 3. The van der Waals surface area contributed by atoms with Gasteiger partial charge in [-0.2, -0.15) is 0 Å². The van der Waals surface area contributed by atoms with Crippen LogP contribution in [0.5, 0.6) is 0 Å². The number of carbonyl (C=O) groups is 1. The maximum atomic E-state index is 13.1. The molecule has 2 heterocycles. The van der Waals surface area contributed by atoms with Crippen molar-refractivity contribution in [2.75, 3.05) is 5.32 Å². The van der Waals surface area contributed by atoms with Crippen LogP contribution in [0.25, 0.3) is 11.2 Å². The number of amides is 1. The molecule has 0 spiro atoms. The molecule has 0 saturated heterocycles. The minimum atomic E-state index is -0.544. The topological polar surface area (TPSA) is 67.8 Å². The van der Waals surface area contributed by atoms with Crippen LogP contribution in [0, 0.1) is 5.82 Å². The molecule has 0 unspecified atom stereocenters. The van der Waals surface area contributed by atoms with E-state index in [4.69, 9.17) is 11.6 Å². The molecule has 0 fully saturated rings. The van der Waals surface area contributed by atoms with Crippen LogP contribution in [0.15, 0.2) is 42.9 Å². The molecule has 1 N–H and O–H groups in total. The van der Waals surface area contributed by atoms with Crippen LogP contribution in [-0.4, -0.2) is 20.9 Å². The fraction of sp³-hybridized carbons (Fsp3) is 0. The van der Waals surface area contributed by atoms with E-state index in [1.54, 1.807) is 6.07 Å². The van der Waals surface area contributed by atoms with Crippen LogP contribution in [-0.2, 0) is 0 Å². The molecule has 5 nitrogen and oxygen atoms in total. The molecule has 3 rings (SSSR count). The Labute approximate surface area is 123 Å². The zero-order valence-electron chi connectivity index (χ0n) is 10.5. The highest BCUT2D eigenvalue weighted by Crippen LogP contribution is 2.20. The first-order valence-electron chi connectivity index (χ1n) is 5.96. The van der Waals surface area contributed by atoms with Crippen LogP contribution in [0.3, 0.4) is 0 Å². The van der Waals surface area contributed by atoms with Gasteiger partial charge < -0.3 is 5.32 Å². The molecule has 21 heavy (non-hydrogen) atoms. The van der Waals surface area contributed by atoms with Gasteiger partial charge in [-0.25, -0.2) is 14.4 Å². The SMILES string of the molecule is O=C(Nc1ccc(F)c(Cl)c1)c1cnc2nccnc2c1. The monoisotopic (exact) mass is 302 g/mol. The third-order valence-electron chi connectivity index (χ3n) is 2.76. The smallest absolute Gasteiger partial charge is 0.257 e. The standard InChI is InChI=1S/C14H8ClFN4O/c15-10-6-9(1-2-11(10)16)20-14(21)8-5-12-13(19-7-8)18-4-3-17-12/h1-7H,(H,20,21). The van der Waals surface area contributed by atoms with E-state index in [9.17, 15) is 9.18 Å². The lowest BCUT2D eigenvalue weighted by atomic mass is 10.2. The Kier molecular flexibility index (Phi) is 3.45. The van der Waals surface area contributed by atoms with Crippen molar-refractivity contribution < 1.29 is 9.18 Å². The number of rotatable bonds is 2. The fourth-order valence-corrected chi connectivity index (χ4v) is 1.94. The molecule has 104 valence electrons. The summed E-state index contributed by atoms with van der Waals surface area (Å²) in [5.74, 6) is -0.935. The Balaban J connectivity index is 1.87. The van der Waals surface area contributed by atoms with Crippen molar-refractivity contribution in [2.24, 2.45) is 0 Å². The summed E-state index contributed by atoms with van der Waals surface area (Å²) >= 11 is 5.66. The van der Waals surface area contributed by atoms with E-state index in [-0.39, 0.29) is 5.02 Å². The molecule has 0 atom stereocenters. The van der Waals surface area contributed by atoms with Crippen molar-refractivity contribution in [3.8, 4) is 0 Å². The highest BCUT2D eigenvalue weighted by molar-refractivity contribution is 6.31. The maximum Gasteiger partial charge on any atom is 0.257 e. The van der Waals surface area contributed by atoms with Crippen molar-refractivity contribution >= 4 is 34.4 Å². The van der Waals surface area contributed by atoms with E-state index in [2.05, 4.69) is 20.3 Å². The quantitative estimate of drug-likeness (QED) is 0.790. The zero-order chi connectivity index (χ0) is 14.8. The van der Waals surface area contributed by atoms with E-state index in [1.807, 2.05) is 0 Å². The second-order valence-electron chi connectivity index (χ2n) is 4.21. The van der Waals surface area contributed by atoms with E-state index in [0.29, 0.717) is 22.4 Å². The molecule has 0 aliphatic rings. The molecule has 0 saturated carbocycles. The number of pyridine rings is 1. The van der Waals surface area contributed by atoms with Crippen LogP contribution >= 0.6 is 11.6 Å². The van der Waals surface area contributed by atoms with Gasteiger partial charge in [0, 0.05) is 24.3 Å². The second-order valence-corrected chi connectivity index (χ2v) is 4.61. The Morgan fingerprint density at radius 2 is 1.95 bits per heavy atom. The first-order chi connectivity index (χ1) is 10.1. The minimum Gasteiger partial charge on any atom is -0.322 e. The van der Waals surface area contributed by atoms with Gasteiger partial charge in [0.05, 0.1) is 10.6 Å². The molecule has 3 aromatic rings. The lowest BCUT2D eigenvalue weighted by Gasteiger charge is -2.06. The zero-order valence-corrected chi connectivity index (χ0v) is 11.3. The van der Waals surface area contributed by atoms with E-state index >= 15 is 0 Å². The number of fused-ring (bicyclic) bond motifs is 1. The highest BCUT2D eigenvalue weighted by atomic mass is 35.5. The summed E-state index contributed by atoms with van der Waals surface area (Å²) in [6, 6.07) is 5.52. The number of hydrogen-bond donors (Lipinski definition) is 1. The first kappa shape index (κ1) is 13.4. The fourth-order valence-electron chi connectivity index (χ4n) is 1.76. The minimum absolute atomic E-state index is 0.0599. The summed E-state index contributed by atoms with van der Waals surface area (Å²) in [4.78, 5) is 24.3. The number of halogens is 2. The van der Waals surface area contributed by atoms with E-state index in [0.717, 1.165) is 0 Å². The lowest BCUT2D eigenvalue weighted by molar-refractivity contribution is 0.102. The van der Waals surface area contributed by atoms with Gasteiger partial charge in [0.1, 0.15) is 11.3 Å². The molecule has 0 aliphatic carbocycles. The van der Waals surface area contributed by atoms with Crippen LogP contribution < -0.4 is 5.32 Å². The van der Waals surface area contributed by atoms with Crippen molar-refractivity contribution in [1.82, 2.24) is 15.0 Å². The predicted molar refractivity (Wildman–Crippen MR) is 76.7 cm³/mol. The number of nitrogens with one attached hydrogen (secondary N) is 1. The molecule has 1 aromatic carbocycles. The molecule has 0 aliphatic heterocycles. The summed E-state index contributed by atoms with van der Waals surface area (Å²) < 4.78 is 13.1. The first-order valence-corrected chi connectivity index (χ1v) is 6.34. The number of hydrogen-bond acceptors (Lipinski definition) is 4. The third kappa shape index (κ3) is 2.80. The van der Waals surface area contributed by atoms with Crippen LogP contribution in [0.1, 0.15) is 10.4 Å². The molecule has 2 aromatic heterocycles. The normalized spacial score (nSPS) is 10.6. The van der Waals surface area contributed by atoms with Crippen molar-refractivity contribution in [2.45, 2.75) is 0 Å². The van der Waals surface area contributed by atoms with E-state index < -0.39 is 11.7 Å². The van der Waals surface area contributed by atoms with Gasteiger partial charge in [-0.15, -0.1) is 0 Å². The van der Waals surface area contributed by atoms with Crippen LogP contribution in [0.2, 0.25) is 5.02 Å². The maximum absolute atomic E-state index is 13.1. The number of benzene rings is 1. The summed E-state index contributed by atoms with van der Waals surface area (Å²) in [7, 11) is 0. The third-order valence-corrected chi connectivity index (χ3v) is 3.05. The summed E-state index contributed by atoms with van der Waals surface area (Å²) in [5.41, 5.74) is 1.69. The molecule has 0 bridgehead atoms. The lowest BCUT2D eigenvalue weighted by Crippen LogP contribution is -2.12. The molecular formula is C14H8ClFN4O. The van der Waals surface area contributed by atoms with E-state index in [1.165, 1.54) is 36.8 Å². The Bertz CT molecular complexity index is 840. The van der Waals surface area contributed by atoms with Gasteiger partial charge >= 0.3 is 0 Å².